The first kappa shape index (κ1) is 21.7. The molecule has 9 nitrogen and oxygen atoms in total. The van der Waals surface area contributed by atoms with Crippen molar-refractivity contribution in [3.63, 3.8) is 0 Å². The first-order valence-corrected chi connectivity index (χ1v) is 10.4. The number of urea groups is 1. The Morgan fingerprint density at radius 1 is 0.774 bits per heavy atom. The van der Waals surface area contributed by atoms with Gasteiger partial charge in [-0.1, -0.05) is 0 Å². The fourth-order valence-corrected chi connectivity index (χ4v) is 3.64. The van der Waals surface area contributed by atoms with Gasteiger partial charge in [-0.3, -0.25) is 4.72 Å². The second-order valence-corrected chi connectivity index (χ2v) is 8.00. The Morgan fingerprint density at radius 3 is 1.74 bits per heavy atom. The number of ether oxygens (including phenoxy) is 1. The van der Waals surface area contributed by atoms with Gasteiger partial charge in [-0.05, 0) is 72.8 Å². The van der Waals surface area contributed by atoms with Crippen LogP contribution in [-0.4, -0.2) is 32.6 Å². The molecule has 0 saturated heterocycles. The average Bonchev–Trinajstić information content (AvgIpc) is 2.74. The summed E-state index contributed by atoms with van der Waals surface area (Å²) in [6.45, 7) is 0. The van der Waals surface area contributed by atoms with E-state index in [-0.39, 0.29) is 10.5 Å². The summed E-state index contributed by atoms with van der Waals surface area (Å²) in [6, 6.07) is 17.2. The predicted molar refractivity (Wildman–Crippen MR) is 116 cm³/mol. The minimum atomic E-state index is -3.80. The molecule has 0 atom stereocenters. The zero-order valence-corrected chi connectivity index (χ0v) is 17.1. The van der Waals surface area contributed by atoms with Gasteiger partial charge in [0.2, 0.25) is 0 Å². The first-order chi connectivity index (χ1) is 14.8. The average molecular weight is 441 g/mol. The van der Waals surface area contributed by atoms with Gasteiger partial charge in [-0.25, -0.2) is 18.0 Å². The number of carbonyl (C=O) groups is 2. The molecule has 3 aromatic rings. The lowest BCUT2D eigenvalue weighted by Gasteiger charge is -2.11. The van der Waals surface area contributed by atoms with Crippen LogP contribution < -0.4 is 20.1 Å². The second kappa shape index (κ2) is 9.18. The predicted octanol–water partition coefficient (Wildman–Crippen LogP) is 3.84. The molecule has 0 saturated carbocycles. The van der Waals surface area contributed by atoms with Crippen LogP contribution in [-0.2, 0) is 10.0 Å². The van der Waals surface area contributed by atoms with Gasteiger partial charge in [0.15, 0.2) is 0 Å². The van der Waals surface area contributed by atoms with E-state index in [1.54, 1.807) is 24.3 Å². The van der Waals surface area contributed by atoms with E-state index in [4.69, 9.17) is 9.84 Å². The molecule has 4 N–H and O–H groups in total. The van der Waals surface area contributed by atoms with Crippen molar-refractivity contribution in [2.24, 2.45) is 0 Å². The Kier molecular flexibility index (Phi) is 6.41. The smallest absolute Gasteiger partial charge is 0.335 e. The number of carboxylic acids is 1. The lowest BCUT2D eigenvalue weighted by Crippen LogP contribution is -2.19. The molecule has 0 aliphatic carbocycles. The van der Waals surface area contributed by atoms with Crippen LogP contribution in [0.5, 0.6) is 5.75 Å². The molecule has 0 aliphatic rings. The molecule has 31 heavy (non-hydrogen) atoms. The van der Waals surface area contributed by atoms with E-state index in [1.165, 1.54) is 55.6 Å². The molecule has 0 bridgehead atoms. The normalized spacial score (nSPS) is 10.7. The fourth-order valence-electron chi connectivity index (χ4n) is 2.58. The zero-order chi connectivity index (χ0) is 22.4. The highest BCUT2D eigenvalue weighted by molar-refractivity contribution is 7.92. The number of sulfonamides is 1. The lowest BCUT2D eigenvalue weighted by atomic mass is 10.2. The van der Waals surface area contributed by atoms with Crippen LogP contribution in [0.2, 0.25) is 0 Å². The summed E-state index contributed by atoms with van der Waals surface area (Å²) in [4.78, 5) is 23.0. The maximum absolute atomic E-state index is 12.5. The topological polar surface area (TPSA) is 134 Å². The molecular formula is C21H19N3O6S. The molecule has 3 aromatic carbocycles. The molecule has 0 aliphatic heterocycles. The van der Waals surface area contributed by atoms with Crippen molar-refractivity contribution in [1.29, 1.82) is 0 Å². The van der Waals surface area contributed by atoms with Gasteiger partial charge in [0.1, 0.15) is 5.75 Å². The Hall–Kier alpha value is -4.05. The van der Waals surface area contributed by atoms with Crippen LogP contribution in [0.3, 0.4) is 0 Å². The van der Waals surface area contributed by atoms with Gasteiger partial charge in [-0.2, -0.15) is 0 Å². The summed E-state index contributed by atoms with van der Waals surface area (Å²) < 4.78 is 32.6. The highest BCUT2D eigenvalue weighted by atomic mass is 32.2. The van der Waals surface area contributed by atoms with E-state index in [1.807, 2.05) is 0 Å². The molecule has 2 amide bonds. The fraction of sp³-hybridized carbons (Fsp3) is 0.0476. The molecular weight excluding hydrogens is 422 g/mol. The highest BCUT2D eigenvalue weighted by Crippen LogP contribution is 2.21. The van der Waals surface area contributed by atoms with Gasteiger partial charge >= 0.3 is 12.0 Å². The molecule has 0 unspecified atom stereocenters. The Bertz CT molecular complexity index is 1180. The second-order valence-electron chi connectivity index (χ2n) is 6.32. The number of hydrogen-bond acceptors (Lipinski definition) is 5. The summed E-state index contributed by atoms with van der Waals surface area (Å²) >= 11 is 0. The number of nitrogens with one attached hydrogen (secondary N) is 3. The van der Waals surface area contributed by atoms with Crippen molar-refractivity contribution >= 4 is 39.1 Å². The summed E-state index contributed by atoms with van der Waals surface area (Å²) in [5.41, 5.74) is 1.27. The summed E-state index contributed by atoms with van der Waals surface area (Å²) in [7, 11) is -2.29. The van der Waals surface area contributed by atoms with Crippen LogP contribution in [0.25, 0.3) is 0 Å². The van der Waals surface area contributed by atoms with Crippen molar-refractivity contribution in [3.8, 4) is 5.75 Å². The van der Waals surface area contributed by atoms with Crippen LogP contribution in [0.15, 0.2) is 77.7 Å². The third-order valence-electron chi connectivity index (χ3n) is 4.15. The van der Waals surface area contributed by atoms with Gasteiger partial charge in [0.25, 0.3) is 10.0 Å². The number of carboxylic acid groups (broad SMARTS) is 1. The number of methoxy groups -OCH3 is 1. The van der Waals surface area contributed by atoms with E-state index in [0.717, 1.165) is 0 Å². The maximum atomic E-state index is 12.5. The van der Waals surface area contributed by atoms with Crippen molar-refractivity contribution in [2.75, 3.05) is 22.5 Å². The van der Waals surface area contributed by atoms with E-state index in [2.05, 4.69) is 15.4 Å². The van der Waals surface area contributed by atoms with Gasteiger partial charge in [0, 0.05) is 17.1 Å². The van der Waals surface area contributed by atoms with Crippen molar-refractivity contribution in [3.05, 3.63) is 78.4 Å². The minimum absolute atomic E-state index is 0.0264. The number of aromatic carboxylic acids is 1. The number of benzene rings is 3. The summed E-state index contributed by atoms with van der Waals surface area (Å²) in [6.07, 6.45) is 0. The molecule has 3 rings (SSSR count). The Balaban J connectivity index is 1.61. The molecule has 0 heterocycles. The van der Waals surface area contributed by atoms with Crippen LogP contribution in [0.4, 0.5) is 21.9 Å². The molecule has 160 valence electrons. The minimum Gasteiger partial charge on any atom is -0.497 e. The van der Waals surface area contributed by atoms with Crippen LogP contribution in [0.1, 0.15) is 10.4 Å². The SMILES string of the molecule is COc1ccc(NS(=O)(=O)c2ccc(NC(=O)Nc3ccc(C(=O)O)cc3)cc2)cc1. The zero-order valence-electron chi connectivity index (χ0n) is 16.3. The van der Waals surface area contributed by atoms with E-state index >= 15 is 0 Å². The van der Waals surface area contributed by atoms with Gasteiger partial charge in [-0.15, -0.1) is 0 Å². The maximum Gasteiger partial charge on any atom is 0.335 e. The van der Waals surface area contributed by atoms with E-state index in [0.29, 0.717) is 22.8 Å². The molecule has 0 radical (unpaired) electrons. The molecule has 10 heteroatoms. The number of hydrogen-bond donors (Lipinski definition) is 4. The van der Waals surface area contributed by atoms with Crippen LogP contribution >= 0.6 is 0 Å². The highest BCUT2D eigenvalue weighted by Gasteiger charge is 2.14. The number of amides is 2. The Morgan fingerprint density at radius 2 is 1.26 bits per heavy atom. The number of anilines is 3. The summed E-state index contributed by atoms with van der Waals surface area (Å²) in [5, 5.41) is 14.0. The van der Waals surface area contributed by atoms with Gasteiger partial charge < -0.3 is 20.5 Å². The molecule has 0 fully saturated rings. The quantitative estimate of drug-likeness (QED) is 0.440. The lowest BCUT2D eigenvalue weighted by molar-refractivity contribution is 0.0697. The van der Waals surface area contributed by atoms with Crippen molar-refractivity contribution < 1.29 is 27.9 Å². The molecule has 0 spiro atoms. The largest absolute Gasteiger partial charge is 0.497 e. The van der Waals surface area contributed by atoms with Crippen LogP contribution in [0, 0.1) is 0 Å². The standard InChI is InChI=1S/C21H19N3O6S/c1-30-18-10-6-17(7-11-18)24-31(28,29)19-12-8-16(9-13-19)23-21(27)22-15-4-2-14(3-5-15)20(25)26/h2-13,24H,1H3,(H,25,26)(H2,22,23,27). The van der Waals surface area contributed by atoms with E-state index < -0.39 is 22.0 Å². The third kappa shape index (κ3) is 5.73. The van der Waals surface area contributed by atoms with Crippen molar-refractivity contribution in [2.45, 2.75) is 4.90 Å². The summed E-state index contributed by atoms with van der Waals surface area (Å²) in [5.74, 6) is -0.456. The van der Waals surface area contributed by atoms with Crippen molar-refractivity contribution in [1.82, 2.24) is 0 Å². The molecule has 0 aromatic heterocycles. The number of carbonyl (C=O) groups excluding carboxylic acids is 1. The van der Waals surface area contributed by atoms with Gasteiger partial charge in [0.05, 0.1) is 17.6 Å². The Labute approximate surface area is 178 Å². The number of rotatable bonds is 7. The third-order valence-corrected chi connectivity index (χ3v) is 5.55. The first-order valence-electron chi connectivity index (χ1n) is 8.95. The van der Waals surface area contributed by atoms with E-state index in [9.17, 15) is 18.0 Å². The monoisotopic (exact) mass is 441 g/mol.